The molecule has 0 heterocycles. The van der Waals surface area contributed by atoms with Crippen LogP contribution in [0.1, 0.15) is 0 Å². The number of aliphatic carboxylic acids is 4. The molecule has 12 nitrogen and oxygen atoms in total. The minimum Gasteiger partial charge on any atom is -0.846 e. The standard InChI is InChI=1S/C4H6O6.C4H5O6.Cu.Li.2Na/c2*5-1(3(7)8)2(6)4(9)10;;;;/h1-2,5-6H,(H,7,8)(H,9,10);1-2,5H,(H,7,8)(H,9,10);;;;/q;-1;+2;3*+1/p-4. The molecule has 4 atom stereocenters. The van der Waals surface area contributed by atoms with Gasteiger partial charge in [0.25, 0.3) is 0 Å². The molecule has 0 aliphatic carbocycles. The van der Waals surface area contributed by atoms with Crippen LogP contribution in [0.3, 0.4) is 0 Å². The topological polar surface area (TPSA) is 244 Å². The first kappa shape index (κ1) is 39.8. The first-order valence-electron chi connectivity index (χ1n) is 4.46. The maximum Gasteiger partial charge on any atom is 2.00 e. The van der Waals surface area contributed by atoms with Crippen molar-refractivity contribution >= 4 is 23.9 Å². The van der Waals surface area contributed by atoms with E-state index in [0.29, 0.717) is 0 Å². The molecule has 1 radical (unpaired) electrons. The van der Waals surface area contributed by atoms with E-state index < -0.39 is 48.3 Å². The summed E-state index contributed by atoms with van der Waals surface area (Å²) in [5, 5.41) is 73.1. The van der Waals surface area contributed by atoms with Crippen LogP contribution in [0.5, 0.6) is 0 Å². The van der Waals surface area contributed by atoms with Gasteiger partial charge in [0.15, 0.2) is 0 Å². The molecule has 0 aromatic carbocycles. The van der Waals surface area contributed by atoms with E-state index in [-0.39, 0.29) is 95.0 Å². The van der Waals surface area contributed by atoms with Crippen molar-refractivity contribution in [3.63, 3.8) is 0 Å². The van der Waals surface area contributed by atoms with Crippen LogP contribution in [0.25, 0.3) is 0 Å². The number of carbonyl (C=O) groups is 4. The zero-order valence-corrected chi connectivity index (χ0v) is 17.6. The molecular weight excluding hydrogens is 405 g/mol. The minimum atomic E-state index is -2.69. The summed E-state index contributed by atoms with van der Waals surface area (Å²) in [6.07, 6.45) is -10.1. The number of carboxylic acids is 4. The molecule has 0 saturated carbocycles. The normalized spacial score (nSPS) is 13.2. The molecule has 0 bridgehead atoms. The molecule has 0 spiro atoms. The summed E-state index contributed by atoms with van der Waals surface area (Å²) in [5.74, 6) is -8.41. The number of hydrogen-bond donors (Lipinski definition) is 3. The quantitative estimate of drug-likeness (QED) is 0.345. The van der Waals surface area contributed by atoms with Crippen molar-refractivity contribution in [2.24, 2.45) is 0 Å². The van der Waals surface area contributed by atoms with Crippen molar-refractivity contribution in [1.29, 1.82) is 0 Å². The first-order chi connectivity index (χ1) is 8.93. The summed E-state index contributed by atoms with van der Waals surface area (Å²) in [7, 11) is 0. The fourth-order valence-corrected chi connectivity index (χ4v) is 0.510. The molecule has 0 aliphatic heterocycles. The van der Waals surface area contributed by atoms with Crippen LogP contribution < -0.4 is 104 Å². The summed E-state index contributed by atoms with van der Waals surface area (Å²) in [5.41, 5.74) is 0. The van der Waals surface area contributed by atoms with Gasteiger partial charge in [0.1, 0.15) is 12.2 Å². The summed E-state index contributed by atoms with van der Waals surface area (Å²) >= 11 is 0. The van der Waals surface area contributed by atoms with Crippen molar-refractivity contribution < 1.29 is 155 Å². The van der Waals surface area contributed by atoms with Crippen molar-refractivity contribution in [3.8, 4) is 0 Å². The Bertz CT molecular complexity index is 325. The van der Waals surface area contributed by atoms with Crippen LogP contribution >= 0.6 is 0 Å². The van der Waals surface area contributed by atoms with Gasteiger partial charge in [0.05, 0.1) is 24.0 Å². The molecule has 0 amide bonds. The Hall–Kier alpha value is 0.837. The molecule has 0 fully saturated rings. The Morgan fingerprint density at radius 3 is 0.917 bits per heavy atom. The van der Waals surface area contributed by atoms with Crippen molar-refractivity contribution in [1.82, 2.24) is 0 Å². The molecular formula is C8H7CuLiNa2O12. The van der Waals surface area contributed by atoms with Gasteiger partial charge < -0.3 is 60.0 Å². The monoisotopic (exact) mass is 411 g/mol. The van der Waals surface area contributed by atoms with Gasteiger partial charge >= 0.3 is 95.0 Å². The Morgan fingerprint density at radius 1 is 0.625 bits per heavy atom. The molecule has 0 saturated heterocycles. The largest absolute Gasteiger partial charge is 2.00 e. The van der Waals surface area contributed by atoms with Crippen LogP contribution in [0, 0.1) is 0 Å². The molecule has 125 valence electrons. The molecule has 0 aromatic heterocycles. The number of carbonyl (C=O) groups excluding carboxylic acids is 4. The Morgan fingerprint density at radius 2 is 0.833 bits per heavy atom. The van der Waals surface area contributed by atoms with E-state index >= 15 is 0 Å². The summed E-state index contributed by atoms with van der Waals surface area (Å²) in [4.78, 5) is 38.4. The SMILES string of the molecule is O=C([O-])C(O)C(O)C(=O)[O-].O=C([O-])C([O-])C(O)C(=O)[O-].[Cu+2].[Li+].[Na+].[Na+]. The second-order valence-electron chi connectivity index (χ2n) is 3.03. The molecule has 16 heteroatoms. The molecule has 24 heavy (non-hydrogen) atoms. The van der Waals surface area contributed by atoms with E-state index in [1.165, 1.54) is 0 Å². The third kappa shape index (κ3) is 17.7. The predicted octanol–water partition coefficient (Wildman–Crippen LogP) is -19.2. The van der Waals surface area contributed by atoms with Gasteiger partial charge in [-0.05, 0) is 0 Å². The minimum absolute atomic E-state index is 0. The number of rotatable bonds is 6. The van der Waals surface area contributed by atoms with E-state index in [2.05, 4.69) is 0 Å². The third-order valence-corrected chi connectivity index (χ3v) is 1.54. The van der Waals surface area contributed by atoms with Crippen LogP contribution in [0.15, 0.2) is 0 Å². The second kappa shape index (κ2) is 20.2. The second-order valence-corrected chi connectivity index (χ2v) is 3.03. The van der Waals surface area contributed by atoms with Crippen molar-refractivity contribution in [3.05, 3.63) is 0 Å². The van der Waals surface area contributed by atoms with Crippen molar-refractivity contribution in [2.45, 2.75) is 24.4 Å². The van der Waals surface area contributed by atoms with Gasteiger partial charge in [0, 0.05) is 5.97 Å². The van der Waals surface area contributed by atoms with Crippen LogP contribution in [-0.2, 0) is 36.2 Å². The first-order valence-corrected chi connectivity index (χ1v) is 4.46. The number of hydrogen-bond acceptors (Lipinski definition) is 12. The Labute approximate surface area is 201 Å². The van der Waals surface area contributed by atoms with Gasteiger partial charge in [-0.1, -0.05) is 6.10 Å². The van der Waals surface area contributed by atoms with Crippen LogP contribution in [0.4, 0.5) is 0 Å². The fourth-order valence-electron chi connectivity index (χ4n) is 0.510. The van der Waals surface area contributed by atoms with Gasteiger partial charge in [-0.15, -0.1) is 0 Å². The smallest absolute Gasteiger partial charge is 0.846 e. The van der Waals surface area contributed by atoms with Gasteiger partial charge in [-0.2, -0.15) is 0 Å². The van der Waals surface area contributed by atoms with E-state index in [4.69, 9.17) is 15.3 Å². The molecule has 4 unspecified atom stereocenters. The van der Waals surface area contributed by atoms with E-state index in [9.17, 15) is 44.7 Å². The molecule has 0 aromatic rings. The van der Waals surface area contributed by atoms with E-state index in [1.54, 1.807) is 0 Å². The van der Waals surface area contributed by atoms with Gasteiger partial charge in [0.2, 0.25) is 0 Å². The van der Waals surface area contributed by atoms with Crippen LogP contribution in [0.2, 0.25) is 0 Å². The molecule has 0 rings (SSSR count). The van der Waals surface area contributed by atoms with Gasteiger partial charge in [-0.25, -0.2) is 0 Å². The predicted molar refractivity (Wildman–Crippen MR) is 41.8 cm³/mol. The number of aliphatic hydroxyl groups is 3. The van der Waals surface area contributed by atoms with E-state index in [1.807, 2.05) is 0 Å². The maximum absolute atomic E-state index is 10.0. The Kier molecular flexibility index (Phi) is 33.4. The van der Waals surface area contributed by atoms with Crippen LogP contribution in [-0.4, -0.2) is 63.6 Å². The van der Waals surface area contributed by atoms with Gasteiger partial charge in [-0.3, -0.25) is 0 Å². The molecule has 0 aliphatic rings. The number of aliphatic hydroxyl groups excluding tert-OH is 3. The Balaban J connectivity index is -0.0000000579. The summed E-state index contributed by atoms with van der Waals surface area (Å²) < 4.78 is 0. The van der Waals surface area contributed by atoms with Crippen molar-refractivity contribution in [2.75, 3.05) is 0 Å². The average Bonchev–Trinajstić information content (AvgIpc) is 2.35. The average molecular weight is 412 g/mol. The van der Waals surface area contributed by atoms with E-state index in [0.717, 1.165) is 0 Å². The number of carboxylic acid groups (broad SMARTS) is 4. The zero-order valence-electron chi connectivity index (χ0n) is 12.6. The molecule has 3 N–H and O–H groups in total. The summed E-state index contributed by atoms with van der Waals surface area (Å²) in [6.45, 7) is 0. The summed E-state index contributed by atoms with van der Waals surface area (Å²) in [6, 6.07) is 0. The maximum atomic E-state index is 10.0. The third-order valence-electron chi connectivity index (χ3n) is 1.54. The zero-order chi connectivity index (χ0) is 16.6. The fraction of sp³-hybridized carbons (Fsp3) is 0.500.